The zero-order chi connectivity index (χ0) is 64.1. The Hall–Kier alpha value is -2.62. The molecular weight excluding hydrogens is 1190 g/mol. The number of hydrogen-bond acceptors (Lipinski definition) is 29. The van der Waals surface area contributed by atoms with Gasteiger partial charge in [0.05, 0.1) is 61.9 Å². The number of aliphatic hydroxyl groups is 17. The molecule has 5 aliphatic heterocycles. The summed E-state index contributed by atoms with van der Waals surface area (Å²) in [6.45, 7) is -0.269. The summed E-state index contributed by atoms with van der Waals surface area (Å²) in [5, 5.41) is 162. The molecule has 0 aromatic rings. The highest BCUT2D eigenvalue weighted by Crippen LogP contribution is 2.45. The highest BCUT2D eigenvalue weighted by atomic mass is 16.7. The van der Waals surface area contributed by atoms with Crippen LogP contribution in [0.4, 0.5) is 0 Å². The molecule has 9 fully saturated rings. The third-order valence-electron chi connectivity index (χ3n) is 19.6. The van der Waals surface area contributed by atoms with E-state index in [1.807, 2.05) is 0 Å². The lowest BCUT2D eigenvalue weighted by Gasteiger charge is -2.50. The number of aliphatic hydroxyl groups excluding tert-OH is 15. The maximum Gasteiger partial charge on any atom is 0.330 e. The van der Waals surface area contributed by atoms with Gasteiger partial charge in [-0.3, -0.25) is 0 Å². The summed E-state index contributed by atoms with van der Waals surface area (Å²) in [4.78, 5) is 25.6. The van der Waals surface area contributed by atoms with E-state index in [1.54, 1.807) is 12.2 Å². The number of allylic oxidation sites excluding steroid dienone is 2. The minimum atomic E-state index is -1.89. The van der Waals surface area contributed by atoms with Gasteiger partial charge < -0.3 is 138 Å². The van der Waals surface area contributed by atoms with Gasteiger partial charge in [-0.15, -0.1) is 0 Å². The number of ether oxygens (including phenoxy) is 13. The maximum atomic E-state index is 13.2. The van der Waals surface area contributed by atoms with Gasteiger partial charge in [0.15, 0.2) is 43.5 Å². The summed E-state index contributed by atoms with van der Waals surface area (Å²) in [6, 6.07) is 0. The van der Waals surface area contributed by atoms with E-state index in [0.29, 0.717) is 38.5 Å². The van der Waals surface area contributed by atoms with Crippen LogP contribution in [0.1, 0.15) is 90.4 Å². The van der Waals surface area contributed by atoms with Crippen molar-refractivity contribution in [2.75, 3.05) is 34.0 Å². The fraction of sp³-hybridized carbons (Fsp3) is 0.898. The molecule has 0 spiro atoms. The molecular formula is C59H95O30+. The lowest BCUT2D eigenvalue weighted by molar-refractivity contribution is -0.371. The Morgan fingerprint density at radius 1 is 0.483 bits per heavy atom. The van der Waals surface area contributed by atoms with Crippen molar-refractivity contribution in [3.05, 3.63) is 24.3 Å². The van der Waals surface area contributed by atoms with E-state index in [4.69, 9.17) is 61.6 Å². The van der Waals surface area contributed by atoms with Crippen molar-refractivity contribution < 1.29 is 148 Å². The molecule has 0 bridgehead atoms. The van der Waals surface area contributed by atoms with Crippen LogP contribution < -0.4 is 0 Å². The molecule has 16 N–H and O–H groups in total. The zero-order valence-electron chi connectivity index (χ0n) is 50.1. The van der Waals surface area contributed by atoms with Crippen molar-refractivity contribution >= 4 is 11.9 Å². The van der Waals surface area contributed by atoms with Crippen LogP contribution in [0, 0.1) is 23.7 Å². The van der Waals surface area contributed by atoms with E-state index in [1.165, 1.54) is 33.3 Å². The van der Waals surface area contributed by atoms with Gasteiger partial charge in [0, 0.05) is 45.1 Å². The predicted molar refractivity (Wildman–Crippen MR) is 297 cm³/mol. The Morgan fingerprint density at radius 2 is 0.989 bits per heavy atom. The first-order chi connectivity index (χ1) is 42.5. The summed E-state index contributed by atoms with van der Waals surface area (Å²) < 4.78 is 75.6. The van der Waals surface area contributed by atoms with Crippen molar-refractivity contribution in [1.29, 1.82) is 0 Å². The molecule has 5 heterocycles. The van der Waals surface area contributed by atoms with Crippen LogP contribution >= 0.6 is 0 Å². The number of fused-ring (bicyclic) bond motifs is 1. The fourth-order valence-electron chi connectivity index (χ4n) is 14.2. The van der Waals surface area contributed by atoms with E-state index in [2.05, 4.69) is 0 Å². The lowest BCUT2D eigenvalue weighted by atomic mass is 9.72. The number of carbonyl (C=O) groups excluding carboxylic acids is 2. The first-order valence-corrected chi connectivity index (χ1v) is 31.3. The number of esters is 2. The molecule has 5 saturated heterocycles. The van der Waals surface area contributed by atoms with Crippen molar-refractivity contribution in [2.45, 2.75) is 274 Å². The van der Waals surface area contributed by atoms with E-state index < -0.39 is 221 Å². The SMILES string of the molecule is COC1CC(C2[OH+]C3CC(O)CC(OC4OC(CO)C(O)C(O)C4O)C3CC2OC2OC(COC3OC(C)C(OC(=O)C=CC4CCC(OC5OC(COC(=O)C=CC6CCC(O)CC6)C(O)C(O)C5O)CC4)C(O)C3O)C(O)C(O)C2O)CC(OC)C1O. The molecule has 28 unspecified atom stereocenters. The van der Waals surface area contributed by atoms with E-state index >= 15 is 0 Å². The summed E-state index contributed by atoms with van der Waals surface area (Å²) in [7, 11) is 2.89. The molecule has 4 aliphatic carbocycles. The molecule has 9 rings (SSSR count). The Kier molecular flexibility index (Phi) is 25.2. The predicted octanol–water partition coefficient (Wildman–Crippen LogP) is -5.41. The molecule has 89 heavy (non-hydrogen) atoms. The first kappa shape index (κ1) is 70.7. The first-order valence-electron chi connectivity index (χ1n) is 31.3. The van der Waals surface area contributed by atoms with Crippen LogP contribution in [0.3, 0.4) is 0 Å². The maximum absolute atomic E-state index is 13.2. The third kappa shape index (κ3) is 16.9. The quantitative estimate of drug-likeness (QED) is 0.0307. The molecule has 4 saturated carbocycles. The average molecular weight is 1280 g/mol. The van der Waals surface area contributed by atoms with Crippen molar-refractivity contribution in [2.24, 2.45) is 23.7 Å². The largest absolute Gasteiger partial charge is 0.460 e. The molecule has 28 atom stereocenters. The number of rotatable bonds is 20. The van der Waals surface area contributed by atoms with Gasteiger partial charge in [0.1, 0.15) is 104 Å². The smallest absolute Gasteiger partial charge is 0.330 e. The molecule has 0 amide bonds. The Labute approximate surface area is 514 Å². The van der Waals surface area contributed by atoms with Crippen LogP contribution in [0.5, 0.6) is 0 Å². The minimum absolute atomic E-state index is 0.0133. The molecule has 0 aromatic carbocycles. The van der Waals surface area contributed by atoms with Gasteiger partial charge in [0.2, 0.25) is 0 Å². The standard InChI is InChI=1S/C59H94O30/c1-24-54(89-41(64)15-9-26-6-12-30(13-7-26)82-57-50(73)47(70)44(67)38(87-57)22-79-40(63)14-8-25-4-10-28(61)11-5-25)49(72)53(76)56(81-24)80-23-39-45(68)48(71)52(75)59(88-39)85-36-20-31-32(83-55(36)27-16-34(77-2)42(65)35(17-27)78-3)18-29(62)19-33(31)84-58-51(74)46(69)43(66)37(21-60)86-58/h8-9,14-15,24-39,42-62,65-76H,4-7,10-13,16-23H2,1-3H3/p+1. The summed E-state index contributed by atoms with van der Waals surface area (Å²) in [5.74, 6) is -2.52. The Balaban J connectivity index is 0.765. The van der Waals surface area contributed by atoms with E-state index in [9.17, 15) is 86.2 Å². The second-order valence-electron chi connectivity index (χ2n) is 25.6. The number of hydrogen-bond donors (Lipinski definition) is 15. The molecule has 9 aliphatic rings. The third-order valence-corrected chi connectivity index (χ3v) is 19.6. The van der Waals surface area contributed by atoms with Gasteiger partial charge in [-0.25, -0.2) is 9.59 Å². The van der Waals surface area contributed by atoms with Crippen LogP contribution in [-0.4, -0.2) is 311 Å². The van der Waals surface area contributed by atoms with Crippen molar-refractivity contribution in [1.82, 2.24) is 0 Å². The van der Waals surface area contributed by atoms with Crippen LogP contribution in [0.25, 0.3) is 0 Å². The number of carbonyl (C=O) groups is 2. The van der Waals surface area contributed by atoms with Gasteiger partial charge >= 0.3 is 11.9 Å². The van der Waals surface area contributed by atoms with Gasteiger partial charge in [-0.05, 0) is 89.4 Å². The van der Waals surface area contributed by atoms with Crippen LogP contribution in [-0.2, 0) is 66.4 Å². The second-order valence-corrected chi connectivity index (χ2v) is 25.6. The van der Waals surface area contributed by atoms with Gasteiger partial charge in [-0.1, -0.05) is 12.2 Å². The molecule has 510 valence electrons. The summed E-state index contributed by atoms with van der Waals surface area (Å²) in [6.07, 6.45) is -27.7. The average Bonchev–Trinajstić information content (AvgIpc) is 1.16. The highest BCUT2D eigenvalue weighted by molar-refractivity contribution is 5.82. The van der Waals surface area contributed by atoms with Crippen LogP contribution in [0.2, 0.25) is 0 Å². The van der Waals surface area contributed by atoms with Crippen LogP contribution in [0.15, 0.2) is 24.3 Å². The zero-order valence-corrected chi connectivity index (χ0v) is 50.1. The fourth-order valence-corrected chi connectivity index (χ4v) is 14.2. The topological polar surface area (TPSA) is 461 Å². The van der Waals surface area contributed by atoms with Gasteiger partial charge in [0.25, 0.3) is 0 Å². The normalized spacial score (nSPS) is 49.3. The summed E-state index contributed by atoms with van der Waals surface area (Å²) in [5.41, 5.74) is 0. The molecule has 0 radical (unpaired) electrons. The lowest BCUT2D eigenvalue weighted by Crippen LogP contribution is -2.65. The van der Waals surface area contributed by atoms with E-state index in [-0.39, 0.29) is 50.0 Å². The van der Waals surface area contributed by atoms with Crippen molar-refractivity contribution in [3.8, 4) is 0 Å². The molecule has 30 heteroatoms. The second kappa shape index (κ2) is 31.7. The highest BCUT2D eigenvalue weighted by Gasteiger charge is 2.58. The minimum Gasteiger partial charge on any atom is -0.460 e. The molecule has 30 nitrogen and oxygen atoms in total. The number of methoxy groups -OCH3 is 2. The Morgan fingerprint density at radius 3 is 1.56 bits per heavy atom. The molecule has 0 aromatic heterocycles. The van der Waals surface area contributed by atoms with E-state index in [0.717, 1.165) is 12.8 Å². The monoisotopic (exact) mass is 1280 g/mol. The van der Waals surface area contributed by atoms with Gasteiger partial charge in [-0.2, -0.15) is 0 Å². The van der Waals surface area contributed by atoms with Crippen molar-refractivity contribution in [3.63, 3.8) is 0 Å². The summed E-state index contributed by atoms with van der Waals surface area (Å²) >= 11 is 0. The Bertz CT molecular complexity index is 2250.